The van der Waals surface area contributed by atoms with Crippen LogP contribution in [0.3, 0.4) is 0 Å². The molecule has 1 saturated heterocycles. The Labute approximate surface area is 107 Å². The van der Waals surface area contributed by atoms with Crippen LogP contribution >= 0.6 is 15.9 Å². The van der Waals surface area contributed by atoms with E-state index >= 15 is 0 Å². The van der Waals surface area contributed by atoms with Crippen LogP contribution in [0.5, 0.6) is 0 Å². The van der Waals surface area contributed by atoms with Crippen LogP contribution in [0.1, 0.15) is 24.8 Å². The number of benzene rings is 1. The fraction of sp³-hybridized carbons (Fsp3) is 0.333. The lowest BCUT2D eigenvalue weighted by atomic mass is 10.2. The normalized spacial score (nSPS) is 19.7. The van der Waals surface area contributed by atoms with Gasteiger partial charge >= 0.3 is 0 Å². The third-order valence-electron chi connectivity index (χ3n) is 2.75. The molecule has 1 aromatic heterocycles. The Hall–Kier alpha value is -1.20. The Morgan fingerprint density at radius 1 is 1.24 bits per heavy atom. The van der Waals surface area contributed by atoms with E-state index in [0.717, 1.165) is 29.5 Å². The summed E-state index contributed by atoms with van der Waals surface area (Å²) in [5, 5.41) is 3.98. The van der Waals surface area contributed by atoms with Gasteiger partial charge in [0.15, 0.2) is 0 Å². The van der Waals surface area contributed by atoms with Gasteiger partial charge in [-0.3, -0.25) is 0 Å². The van der Waals surface area contributed by atoms with Crippen molar-refractivity contribution < 1.29 is 9.26 Å². The smallest absolute Gasteiger partial charge is 0.256 e. The van der Waals surface area contributed by atoms with Crippen LogP contribution in [0.25, 0.3) is 11.4 Å². The van der Waals surface area contributed by atoms with E-state index in [-0.39, 0.29) is 6.10 Å². The van der Waals surface area contributed by atoms with E-state index in [9.17, 15) is 0 Å². The molecule has 0 aliphatic carbocycles. The van der Waals surface area contributed by atoms with E-state index in [4.69, 9.17) is 9.26 Å². The SMILES string of the molecule is Brc1ccc(-c2noc([C@H]3CCCO3)n2)cc1. The van der Waals surface area contributed by atoms with Crippen molar-refractivity contribution in [1.82, 2.24) is 10.1 Å². The average Bonchev–Trinajstić information content (AvgIpc) is 3.00. The molecule has 17 heavy (non-hydrogen) atoms. The highest BCUT2D eigenvalue weighted by Crippen LogP contribution is 2.28. The molecule has 0 N–H and O–H groups in total. The number of nitrogens with zero attached hydrogens (tertiary/aromatic N) is 2. The molecule has 0 bridgehead atoms. The van der Waals surface area contributed by atoms with Crippen LogP contribution in [0.4, 0.5) is 0 Å². The maximum Gasteiger partial charge on any atom is 0.256 e. The molecule has 1 fully saturated rings. The van der Waals surface area contributed by atoms with E-state index in [1.807, 2.05) is 24.3 Å². The highest BCUT2D eigenvalue weighted by molar-refractivity contribution is 9.10. The Bertz CT molecular complexity index is 503. The predicted octanol–water partition coefficient (Wildman–Crippen LogP) is 3.35. The molecule has 3 rings (SSSR count). The third-order valence-corrected chi connectivity index (χ3v) is 3.28. The second-order valence-corrected chi connectivity index (χ2v) is 4.88. The van der Waals surface area contributed by atoms with Crippen molar-refractivity contribution in [1.29, 1.82) is 0 Å². The second kappa shape index (κ2) is 4.58. The summed E-state index contributed by atoms with van der Waals surface area (Å²) in [6.07, 6.45) is 1.99. The van der Waals surface area contributed by atoms with Crippen molar-refractivity contribution in [3.8, 4) is 11.4 Å². The Morgan fingerprint density at radius 2 is 2.06 bits per heavy atom. The van der Waals surface area contributed by atoms with Gasteiger partial charge in [-0.05, 0) is 37.1 Å². The second-order valence-electron chi connectivity index (χ2n) is 3.96. The van der Waals surface area contributed by atoms with Gasteiger partial charge in [0.2, 0.25) is 5.82 Å². The molecular weight excluding hydrogens is 284 g/mol. The zero-order valence-corrected chi connectivity index (χ0v) is 10.7. The first-order chi connectivity index (χ1) is 8.33. The van der Waals surface area contributed by atoms with Gasteiger partial charge in [-0.15, -0.1) is 0 Å². The molecule has 88 valence electrons. The zero-order chi connectivity index (χ0) is 11.7. The van der Waals surface area contributed by atoms with Crippen molar-refractivity contribution in [3.05, 3.63) is 34.6 Å². The summed E-state index contributed by atoms with van der Waals surface area (Å²) >= 11 is 3.39. The molecule has 0 amide bonds. The topological polar surface area (TPSA) is 48.2 Å². The first kappa shape index (κ1) is 10.9. The lowest BCUT2D eigenvalue weighted by Crippen LogP contribution is -1.95. The van der Waals surface area contributed by atoms with E-state index < -0.39 is 0 Å². The first-order valence-electron chi connectivity index (χ1n) is 5.54. The molecule has 2 heterocycles. The average molecular weight is 295 g/mol. The van der Waals surface area contributed by atoms with Crippen molar-refractivity contribution in [2.24, 2.45) is 0 Å². The van der Waals surface area contributed by atoms with Gasteiger partial charge in [-0.1, -0.05) is 21.1 Å². The summed E-state index contributed by atoms with van der Waals surface area (Å²) < 4.78 is 11.8. The maximum absolute atomic E-state index is 5.50. The van der Waals surface area contributed by atoms with Crippen molar-refractivity contribution in [3.63, 3.8) is 0 Å². The molecule has 5 heteroatoms. The molecule has 0 spiro atoms. The Morgan fingerprint density at radius 3 is 2.76 bits per heavy atom. The quantitative estimate of drug-likeness (QED) is 0.852. The highest BCUT2D eigenvalue weighted by Gasteiger charge is 2.24. The maximum atomic E-state index is 5.50. The molecule has 0 saturated carbocycles. The molecule has 2 aromatic rings. The number of halogens is 1. The molecule has 1 aliphatic heterocycles. The number of hydrogen-bond donors (Lipinski definition) is 0. The van der Waals surface area contributed by atoms with Gasteiger partial charge < -0.3 is 9.26 Å². The minimum absolute atomic E-state index is 0.0216. The zero-order valence-electron chi connectivity index (χ0n) is 9.10. The number of ether oxygens (including phenoxy) is 1. The van der Waals surface area contributed by atoms with Gasteiger partial charge in [0.25, 0.3) is 5.89 Å². The summed E-state index contributed by atoms with van der Waals surface area (Å²) in [7, 11) is 0. The molecule has 1 aliphatic rings. The standard InChI is InChI=1S/C12H11BrN2O2/c13-9-5-3-8(4-6-9)11-14-12(17-15-11)10-2-1-7-16-10/h3-6,10H,1-2,7H2/t10-/m1/s1. The van der Waals surface area contributed by atoms with Gasteiger partial charge in [-0.25, -0.2) is 0 Å². The first-order valence-corrected chi connectivity index (χ1v) is 6.33. The largest absolute Gasteiger partial charge is 0.368 e. The number of aromatic nitrogens is 2. The molecule has 1 aromatic carbocycles. The van der Waals surface area contributed by atoms with Crippen LogP contribution in [-0.2, 0) is 4.74 Å². The van der Waals surface area contributed by atoms with Crippen molar-refractivity contribution in [2.75, 3.05) is 6.61 Å². The fourth-order valence-electron chi connectivity index (χ4n) is 1.85. The van der Waals surface area contributed by atoms with Crippen LogP contribution in [0, 0.1) is 0 Å². The van der Waals surface area contributed by atoms with Crippen LogP contribution in [-0.4, -0.2) is 16.7 Å². The summed E-state index contributed by atoms with van der Waals surface area (Å²) in [5.41, 5.74) is 0.946. The monoisotopic (exact) mass is 294 g/mol. The van der Waals surface area contributed by atoms with Gasteiger partial charge in [0, 0.05) is 16.6 Å². The molecule has 4 nitrogen and oxygen atoms in total. The van der Waals surface area contributed by atoms with Crippen molar-refractivity contribution in [2.45, 2.75) is 18.9 Å². The predicted molar refractivity (Wildman–Crippen MR) is 65.4 cm³/mol. The summed E-state index contributed by atoms with van der Waals surface area (Å²) in [4.78, 5) is 4.37. The molecule has 0 radical (unpaired) electrons. The van der Waals surface area contributed by atoms with E-state index in [2.05, 4.69) is 26.1 Å². The molecule has 1 atom stereocenters. The van der Waals surface area contributed by atoms with E-state index in [1.165, 1.54) is 0 Å². The summed E-state index contributed by atoms with van der Waals surface area (Å²) in [6.45, 7) is 0.778. The van der Waals surface area contributed by atoms with Crippen LogP contribution < -0.4 is 0 Å². The van der Waals surface area contributed by atoms with E-state index in [0.29, 0.717) is 11.7 Å². The third kappa shape index (κ3) is 2.25. The van der Waals surface area contributed by atoms with Gasteiger partial charge in [-0.2, -0.15) is 4.98 Å². The number of hydrogen-bond acceptors (Lipinski definition) is 4. The summed E-state index contributed by atoms with van der Waals surface area (Å²) in [5.74, 6) is 1.20. The van der Waals surface area contributed by atoms with Crippen LogP contribution in [0.15, 0.2) is 33.3 Å². The lowest BCUT2D eigenvalue weighted by Gasteiger charge is -2.00. The fourth-order valence-corrected chi connectivity index (χ4v) is 2.12. The Kier molecular flexibility index (Phi) is 2.94. The minimum atomic E-state index is -0.0216. The molecular formula is C12H11BrN2O2. The van der Waals surface area contributed by atoms with Crippen LogP contribution in [0.2, 0.25) is 0 Å². The highest BCUT2D eigenvalue weighted by atomic mass is 79.9. The number of rotatable bonds is 2. The van der Waals surface area contributed by atoms with Crippen molar-refractivity contribution >= 4 is 15.9 Å². The minimum Gasteiger partial charge on any atom is -0.368 e. The lowest BCUT2D eigenvalue weighted by molar-refractivity contribution is 0.0835. The van der Waals surface area contributed by atoms with E-state index in [1.54, 1.807) is 0 Å². The molecule has 0 unspecified atom stereocenters. The summed E-state index contributed by atoms with van der Waals surface area (Å²) in [6, 6.07) is 7.82. The Balaban J connectivity index is 1.86. The van der Waals surface area contributed by atoms with Gasteiger partial charge in [0.1, 0.15) is 6.10 Å². The van der Waals surface area contributed by atoms with Gasteiger partial charge in [0.05, 0.1) is 0 Å².